The predicted molar refractivity (Wildman–Crippen MR) is 112 cm³/mol. The molecule has 0 radical (unpaired) electrons. The normalized spacial score (nSPS) is 10.9. The smallest absolute Gasteiger partial charge is 0.269 e. The maximum absolute atomic E-state index is 14.2. The molecule has 0 spiro atoms. The number of fused-ring (bicyclic) bond motifs is 1. The van der Waals surface area contributed by atoms with Crippen molar-refractivity contribution in [3.63, 3.8) is 0 Å². The van der Waals surface area contributed by atoms with E-state index in [1.807, 2.05) is 30.3 Å². The molecule has 4 aromatic rings. The van der Waals surface area contributed by atoms with Gasteiger partial charge in [0, 0.05) is 6.20 Å². The van der Waals surface area contributed by atoms with E-state index in [-0.39, 0.29) is 23.3 Å². The first-order valence-corrected chi connectivity index (χ1v) is 9.27. The number of aryl methyl sites for hydroxylation is 1. The molecule has 2 N–H and O–H groups in total. The summed E-state index contributed by atoms with van der Waals surface area (Å²) in [6.45, 7) is 1.88. The average Bonchev–Trinajstić information content (AvgIpc) is 2.74. The highest BCUT2D eigenvalue weighted by Gasteiger charge is 2.23. The Kier molecular flexibility index (Phi) is 5.02. The van der Waals surface area contributed by atoms with Crippen molar-refractivity contribution < 1.29 is 14.3 Å². The summed E-state index contributed by atoms with van der Waals surface area (Å²) in [6, 6.07) is 16.7. The Morgan fingerprint density at radius 3 is 2.63 bits per heavy atom. The molecule has 6 nitrogen and oxygen atoms in total. The highest BCUT2D eigenvalue weighted by atomic mass is 19.1. The van der Waals surface area contributed by atoms with Crippen molar-refractivity contribution in [3.05, 3.63) is 99.7 Å². The highest BCUT2D eigenvalue weighted by molar-refractivity contribution is 6.08. The monoisotopic (exact) mass is 403 g/mol. The van der Waals surface area contributed by atoms with E-state index >= 15 is 0 Å². The third-order valence-electron chi connectivity index (χ3n) is 4.78. The van der Waals surface area contributed by atoms with Gasteiger partial charge in [-0.05, 0) is 42.3 Å². The quantitative estimate of drug-likeness (QED) is 0.542. The van der Waals surface area contributed by atoms with E-state index in [4.69, 9.17) is 0 Å². The maximum Gasteiger partial charge on any atom is 0.269 e. The van der Waals surface area contributed by atoms with Crippen LogP contribution in [0.3, 0.4) is 0 Å². The zero-order valence-corrected chi connectivity index (χ0v) is 16.1. The van der Waals surface area contributed by atoms with Crippen molar-refractivity contribution in [1.29, 1.82) is 0 Å². The number of anilines is 1. The van der Waals surface area contributed by atoms with Gasteiger partial charge in [0.05, 0.1) is 17.6 Å². The zero-order chi connectivity index (χ0) is 21.3. The summed E-state index contributed by atoms with van der Waals surface area (Å²) >= 11 is 0. The van der Waals surface area contributed by atoms with Crippen molar-refractivity contribution in [2.45, 2.75) is 13.5 Å². The number of pyridine rings is 2. The summed E-state index contributed by atoms with van der Waals surface area (Å²) in [4.78, 5) is 30.3. The fourth-order valence-electron chi connectivity index (χ4n) is 3.29. The van der Waals surface area contributed by atoms with Gasteiger partial charge in [0.2, 0.25) is 0 Å². The van der Waals surface area contributed by atoms with Crippen LogP contribution < -0.4 is 10.9 Å². The number of hydrogen-bond donors (Lipinski definition) is 2. The lowest BCUT2D eigenvalue weighted by Gasteiger charge is -2.14. The second kappa shape index (κ2) is 7.79. The Morgan fingerprint density at radius 2 is 1.90 bits per heavy atom. The number of hydrogen-bond acceptors (Lipinski definition) is 4. The molecular weight excluding hydrogens is 385 g/mol. The van der Waals surface area contributed by atoms with Gasteiger partial charge in [-0.15, -0.1) is 0 Å². The van der Waals surface area contributed by atoms with E-state index in [9.17, 15) is 19.1 Å². The molecule has 150 valence electrons. The third-order valence-corrected chi connectivity index (χ3v) is 4.78. The second-order valence-corrected chi connectivity index (χ2v) is 6.91. The number of rotatable bonds is 4. The van der Waals surface area contributed by atoms with Gasteiger partial charge in [0.15, 0.2) is 0 Å². The molecule has 0 fully saturated rings. The molecule has 0 aliphatic heterocycles. The van der Waals surface area contributed by atoms with Crippen LogP contribution in [0.5, 0.6) is 5.75 Å². The Morgan fingerprint density at radius 1 is 1.13 bits per heavy atom. The standard InChI is InChI=1S/C23H18FN3O3/c1-14-9-10-18(17(24)12-14)26-22(29)19-20(28)16-8-5-11-25-21(16)27(23(19)30)13-15-6-3-2-4-7-15/h2-12,28H,13H2,1H3,(H,26,29). The molecule has 2 heterocycles. The molecule has 0 aliphatic carbocycles. The summed E-state index contributed by atoms with van der Waals surface area (Å²) in [5.41, 5.74) is 0.509. The van der Waals surface area contributed by atoms with Crippen LogP contribution in [0.25, 0.3) is 11.0 Å². The Balaban J connectivity index is 1.85. The van der Waals surface area contributed by atoms with Crippen LogP contribution in [-0.2, 0) is 6.54 Å². The molecule has 0 saturated heterocycles. The first kappa shape index (κ1) is 19.3. The van der Waals surface area contributed by atoms with Crippen molar-refractivity contribution in [2.75, 3.05) is 5.32 Å². The van der Waals surface area contributed by atoms with E-state index < -0.39 is 28.6 Å². The number of nitrogens with zero attached hydrogens (tertiary/aromatic N) is 2. The molecule has 4 rings (SSSR count). The minimum Gasteiger partial charge on any atom is -0.506 e. The summed E-state index contributed by atoms with van der Waals surface area (Å²) < 4.78 is 15.5. The number of carbonyl (C=O) groups is 1. The average molecular weight is 403 g/mol. The van der Waals surface area contributed by atoms with Gasteiger partial charge in [-0.2, -0.15) is 0 Å². The minimum absolute atomic E-state index is 0.0784. The highest BCUT2D eigenvalue weighted by Crippen LogP contribution is 2.26. The molecule has 2 aromatic heterocycles. The van der Waals surface area contributed by atoms with Crippen LogP contribution in [0.1, 0.15) is 21.5 Å². The lowest BCUT2D eigenvalue weighted by molar-refractivity contribution is 0.102. The van der Waals surface area contributed by atoms with Crippen LogP contribution in [0.2, 0.25) is 0 Å². The van der Waals surface area contributed by atoms with Crippen LogP contribution >= 0.6 is 0 Å². The molecule has 0 unspecified atom stereocenters. The van der Waals surface area contributed by atoms with E-state index in [1.54, 1.807) is 25.1 Å². The Hall–Kier alpha value is -4.00. The van der Waals surface area contributed by atoms with Crippen LogP contribution in [0.15, 0.2) is 71.7 Å². The largest absolute Gasteiger partial charge is 0.506 e. The lowest BCUT2D eigenvalue weighted by atomic mass is 10.1. The second-order valence-electron chi connectivity index (χ2n) is 6.91. The molecular formula is C23H18FN3O3. The van der Waals surface area contributed by atoms with E-state index in [0.717, 1.165) is 5.56 Å². The van der Waals surface area contributed by atoms with Crippen molar-refractivity contribution in [3.8, 4) is 5.75 Å². The molecule has 0 bridgehead atoms. The van der Waals surface area contributed by atoms with E-state index in [1.165, 1.54) is 22.9 Å². The van der Waals surface area contributed by atoms with Crippen molar-refractivity contribution in [1.82, 2.24) is 9.55 Å². The predicted octanol–water partition coefficient (Wildman–Crippen LogP) is 3.85. The SMILES string of the molecule is Cc1ccc(NC(=O)c2c(O)c3cccnc3n(Cc3ccccc3)c2=O)c(F)c1. The molecule has 7 heteroatoms. The summed E-state index contributed by atoms with van der Waals surface area (Å²) in [6.07, 6.45) is 1.50. The molecule has 0 aliphatic rings. The molecule has 0 atom stereocenters. The topological polar surface area (TPSA) is 84.2 Å². The van der Waals surface area contributed by atoms with E-state index in [0.29, 0.717) is 5.56 Å². The first-order valence-electron chi connectivity index (χ1n) is 9.27. The van der Waals surface area contributed by atoms with Crippen LogP contribution in [-0.4, -0.2) is 20.6 Å². The minimum atomic E-state index is -0.896. The number of carbonyl (C=O) groups excluding carboxylic acids is 1. The fourth-order valence-corrected chi connectivity index (χ4v) is 3.29. The summed E-state index contributed by atoms with van der Waals surface area (Å²) in [5, 5.41) is 13.3. The van der Waals surface area contributed by atoms with Crippen LogP contribution in [0.4, 0.5) is 10.1 Å². The number of benzene rings is 2. The van der Waals surface area contributed by atoms with Gasteiger partial charge in [-0.25, -0.2) is 9.37 Å². The Bertz CT molecular complexity index is 1320. The molecule has 30 heavy (non-hydrogen) atoms. The molecule has 0 saturated carbocycles. The first-order chi connectivity index (χ1) is 14.5. The van der Waals surface area contributed by atoms with Crippen molar-refractivity contribution >= 4 is 22.6 Å². The number of amides is 1. The number of aromatic hydroxyl groups is 1. The third kappa shape index (κ3) is 3.53. The van der Waals surface area contributed by atoms with Crippen molar-refractivity contribution in [2.24, 2.45) is 0 Å². The zero-order valence-electron chi connectivity index (χ0n) is 16.1. The number of aromatic nitrogens is 2. The summed E-state index contributed by atoms with van der Waals surface area (Å²) in [5.74, 6) is -2.01. The van der Waals surface area contributed by atoms with Gasteiger partial charge in [-0.3, -0.25) is 14.2 Å². The van der Waals surface area contributed by atoms with Gasteiger partial charge < -0.3 is 10.4 Å². The fraction of sp³-hybridized carbons (Fsp3) is 0.0870. The van der Waals surface area contributed by atoms with Gasteiger partial charge in [0.1, 0.15) is 22.8 Å². The van der Waals surface area contributed by atoms with Gasteiger partial charge >= 0.3 is 0 Å². The maximum atomic E-state index is 14.2. The number of halogens is 1. The van der Waals surface area contributed by atoms with Crippen LogP contribution in [0, 0.1) is 12.7 Å². The van der Waals surface area contributed by atoms with Gasteiger partial charge in [-0.1, -0.05) is 36.4 Å². The lowest BCUT2D eigenvalue weighted by Crippen LogP contribution is -2.30. The van der Waals surface area contributed by atoms with E-state index in [2.05, 4.69) is 10.3 Å². The molecule has 2 aromatic carbocycles. The number of nitrogens with one attached hydrogen (secondary N) is 1. The Labute approximate surface area is 171 Å². The molecule has 1 amide bonds. The summed E-state index contributed by atoms with van der Waals surface area (Å²) in [7, 11) is 0. The van der Waals surface area contributed by atoms with Gasteiger partial charge in [0.25, 0.3) is 11.5 Å².